The summed E-state index contributed by atoms with van der Waals surface area (Å²) in [4.78, 5) is 29.8. The van der Waals surface area contributed by atoms with Crippen LogP contribution in [0.25, 0.3) is 0 Å². The Bertz CT molecular complexity index is 550. The topological polar surface area (TPSA) is 73.7 Å². The molecule has 3 amide bonds. The molecule has 1 unspecified atom stereocenters. The SMILES string of the molecule is CCN(C)C(=O)C(C)NC(=O)N1CCN(c2cnn(C)c2)CC1. The highest BCUT2D eigenvalue weighted by molar-refractivity contribution is 5.86. The number of hydrogen-bond donors (Lipinski definition) is 1. The number of urea groups is 1. The number of carbonyl (C=O) groups excluding carboxylic acids is 2. The maximum atomic E-state index is 12.3. The zero-order chi connectivity index (χ0) is 17.0. The Hall–Kier alpha value is -2.25. The molecular weight excluding hydrogens is 296 g/mol. The van der Waals surface area contributed by atoms with Crippen molar-refractivity contribution in [3.63, 3.8) is 0 Å². The first kappa shape index (κ1) is 17.1. The van der Waals surface area contributed by atoms with E-state index in [4.69, 9.17) is 0 Å². The lowest BCUT2D eigenvalue weighted by Gasteiger charge is -2.35. The monoisotopic (exact) mass is 322 g/mol. The molecule has 2 heterocycles. The van der Waals surface area contributed by atoms with Crippen LogP contribution < -0.4 is 10.2 Å². The molecule has 2 rings (SSSR count). The fourth-order valence-corrected chi connectivity index (χ4v) is 2.56. The van der Waals surface area contributed by atoms with E-state index < -0.39 is 6.04 Å². The van der Waals surface area contributed by atoms with Gasteiger partial charge in [0.05, 0.1) is 11.9 Å². The van der Waals surface area contributed by atoms with Gasteiger partial charge in [-0.15, -0.1) is 0 Å². The van der Waals surface area contributed by atoms with Crippen LogP contribution in [-0.2, 0) is 11.8 Å². The summed E-state index contributed by atoms with van der Waals surface area (Å²) in [6.07, 6.45) is 3.80. The van der Waals surface area contributed by atoms with Crippen molar-refractivity contribution >= 4 is 17.6 Å². The van der Waals surface area contributed by atoms with Gasteiger partial charge in [-0.2, -0.15) is 5.10 Å². The summed E-state index contributed by atoms with van der Waals surface area (Å²) in [6, 6.07) is -0.690. The van der Waals surface area contributed by atoms with Gasteiger partial charge in [-0.3, -0.25) is 9.48 Å². The summed E-state index contributed by atoms with van der Waals surface area (Å²) < 4.78 is 1.77. The van der Waals surface area contributed by atoms with Gasteiger partial charge in [-0.05, 0) is 13.8 Å². The highest BCUT2D eigenvalue weighted by atomic mass is 16.2. The maximum Gasteiger partial charge on any atom is 0.318 e. The van der Waals surface area contributed by atoms with E-state index in [9.17, 15) is 9.59 Å². The molecule has 8 heteroatoms. The highest BCUT2D eigenvalue weighted by Gasteiger charge is 2.25. The van der Waals surface area contributed by atoms with E-state index in [2.05, 4.69) is 15.3 Å². The van der Waals surface area contributed by atoms with Crippen molar-refractivity contribution in [2.24, 2.45) is 7.05 Å². The lowest BCUT2D eigenvalue weighted by Crippen LogP contribution is -2.55. The fraction of sp³-hybridized carbons (Fsp3) is 0.667. The molecule has 0 bridgehead atoms. The molecule has 1 aliphatic rings. The Kier molecular flexibility index (Phi) is 5.46. The van der Waals surface area contributed by atoms with Gasteiger partial charge in [0.1, 0.15) is 6.04 Å². The van der Waals surface area contributed by atoms with Crippen molar-refractivity contribution in [1.29, 1.82) is 0 Å². The van der Waals surface area contributed by atoms with Gasteiger partial charge in [-0.25, -0.2) is 4.79 Å². The average Bonchev–Trinajstić information content (AvgIpc) is 2.99. The molecule has 23 heavy (non-hydrogen) atoms. The number of aromatic nitrogens is 2. The summed E-state index contributed by atoms with van der Waals surface area (Å²) in [6.45, 7) is 7.04. The largest absolute Gasteiger partial charge is 0.365 e. The first-order valence-corrected chi connectivity index (χ1v) is 7.96. The van der Waals surface area contributed by atoms with Gasteiger partial charge < -0.3 is 20.0 Å². The summed E-state index contributed by atoms with van der Waals surface area (Å²) in [5.41, 5.74) is 1.07. The Morgan fingerprint density at radius 2 is 2.00 bits per heavy atom. The predicted octanol–water partition coefficient (Wildman–Crippen LogP) is 0.119. The van der Waals surface area contributed by atoms with Gasteiger partial charge >= 0.3 is 6.03 Å². The third kappa shape index (κ3) is 4.14. The summed E-state index contributed by atoms with van der Waals surface area (Å²) in [5, 5.41) is 6.95. The maximum absolute atomic E-state index is 12.3. The second-order valence-electron chi connectivity index (χ2n) is 5.87. The molecule has 1 atom stereocenters. The molecule has 1 saturated heterocycles. The zero-order valence-electron chi connectivity index (χ0n) is 14.3. The summed E-state index contributed by atoms with van der Waals surface area (Å²) >= 11 is 0. The third-order valence-electron chi connectivity index (χ3n) is 4.18. The molecule has 1 N–H and O–H groups in total. The average molecular weight is 322 g/mol. The molecule has 0 radical (unpaired) electrons. The van der Waals surface area contributed by atoms with Crippen LogP contribution >= 0.6 is 0 Å². The van der Waals surface area contributed by atoms with Crippen LogP contribution in [0, 0.1) is 0 Å². The van der Waals surface area contributed by atoms with Crippen LogP contribution in [0.2, 0.25) is 0 Å². The number of nitrogens with zero attached hydrogens (tertiary/aromatic N) is 5. The minimum atomic E-state index is -0.510. The Morgan fingerprint density at radius 3 is 2.52 bits per heavy atom. The number of piperazine rings is 1. The number of hydrogen-bond acceptors (Lipinski definition) is 4. The number of likely N-dealkylation sites (N-methyl/N-ethyl adjacent to an activating group) is 1. The van der Waals surface area contributed by atoms with E-state index in [1.807, 2.05) is 26.4 Å². The van der Waals surface area contributed by atoms with E-state index >= 15 is 0 Å². The number of nitrogens with one attached hydrogen (secondary N) is 1. The molecule has 1 fully saturated rings. The van der Waals surface area contributed by atoms with E-state index in [0.717, 1.165) is 18.8 Å². The van der Waals surface area contributed by atoms with Gasteiger partial charge in [0.15, 0.2) is 0 Å². The molecule has 8 nitrogen and oxygen atoms in total. The first-order valence-electron chi connectivity index (χ1n) is 7.96. The summed E-state index contributed by atoms with van der Waals surface area (Å²) in [5.74, 6) is -0.0742. The lowest BCUT2D eigenvalue weighted by atomic mass is 10.3. The zero-order valence-corrected chi connectivity index (χ0v) is 14.3. The molecule has 0 spiro atoms. The lowest BCUT2D eigenvalue weighted by molar-refractivity contribution is -0.131. The van der Waals surface area contributed by atoms with E-state index in [1.54, 1.807) is 28.5 Å². The minimum Gasteiger partial charge on any atom is -0.365 e. The fourth-order valence-electron chi connectivity index (χ4n) is 2.56. The standard InChI is InChI=1S/C15H26N6O2/c1-5-18(3)14(22)12(2)17-15(23)21-8-6-20(7-9-21)13-10-16-19(4)11-13/h10-12H,5-9H2,1-4H3,(H,17,23). The molecule has 1 aliphatic heterocycles. The first-order chi connectivity index (χ1) is 10.9. The Balaban J connectivity index is 1.82. The molecule has 1 aromatic rings. The van der Waals surface area contributed by atoms with Crippen molar-refractivity contribution < 1.29 is 9.59 Å². The van der Waals surface area contributed by atoms with E-state index in [1.165, 1.54) is 0 Å². The quantitative estimate of drug-likeness (QED) is 0.854. The van der Waals surface area contributed by atoms with Crippen molar-refractivity contribution in [2.75, 3.05) is 44.7 Å². The number of amides is 3. The predicted molar refractivity (Wildman–Crippen MR) is 88.3 cm³/mol. The van der Waals surface area contributed by atoms with E-state index in [0.29, 0.717) is 19.6 Å². The second kappa shape index (κ2) is 7.34. The van der Waals surface area contributed by atoms with Crippen molar-refractivity contribution in [2.45, 2.75) is 19.9 Å². The van der Waals surface area contributed by atoms with E-state index in [-0.39, 0.29) is 11.9 Å². The molecule has 128 valence electrons. The van der Waals surface area contributed by atoms with Crippen LogP contribution in [0.3, 0.4) is 0 Å². The molecule has 1 aromatic heterocycles. The van der Waals surface area contributed by atoms with Gasteiger partial charge in [0.25, 0.3) is 0 Å². The number of rotatable bonds is 4. The van der Waals surface area contributed by atoms with Crippen LogP contribution in [0.15, 0.2) is 12.4 Å². The highest BCUT2D eigenvalue weighted by Crippen LogP contribution is 2.14. The van der Waals surface area contributed by atoms with Gasteiger partial charge in [0.2, 0.25) is 5.91 Å². The molecular formula is C15H26N6O2. The van der Waals surface area contributed by atoms with Crippen molar-refractivity contribution in [3.8, 4) is 0 Å². The molecule has 0 aliphatic carbocycles. The molecule has 0 aromatic carbocycles. The van der Waals surface area contributed by atoms with Crippen molar-refractivity contribution in [3.05, 3.63) is 12.4 Å². The number of anilines is 1. The Morgan fingerprint density at radius 1 is 1.35 bits per heavy atom. The second-order valence-corrected chi connectivity index (χ2v) is 5.87. The van der Waals surface area contributed by atoms with Crippen LogP contribution in [0.4, 0.5) is 10.5 Å². The molecule has 0 saturated carbocycles. The number of carbonyl (C=O) groups is 2. The van der Waals surface area contributed by atoms with Gasteiger partial charge in [-0.1, -0.05) is 0 Å². The van der Waals surface area contributed by atoms with Gasteiger partial charge in [0, 0.05) is 53.0 Å². The Labute approximate surface area is 137 Å². The number of aryl methyl sites for hydroxylation is 1. The van der Waals surface area contributed by atoms with Crippen LogP contribution in [0.5, 0.6) is 0 Å². The normalized spacial score (nSPS) is 16.2. The van der Waals surface area contributed by atoms with Crippen LogP contribution in [-0.4, -0.2) is 77.3 Å². The third-order valence-corrected chi connectivity index (χ3v) is 4.18. The minimum absolute atomic E-state index is 0.0742. The summed E-state index contributed by atoms with van der Waals surface area (Å²) in [7, 11) is 3.62. The van der Waals surface area contributed by atoms with Crippen molar-refractivity contribution in [1.82, 2.24) is 24.9 Å². The smallest absolute Gasteiger partial charge is 0.318 e. The van der Waals surface area contributed by atoms with Crippen LogP contribution in [0.1, 0.15) is 13.8 Å².